The molecule has 124 valence electrons. The van der Waals surface area contributed by atoms with Crippen LogP contribution in [0.1, 0.15) is 28.4 Å². The van der Waals surface area contributed by atoms with Gasteiger partial charge >= 0.3 is 0 Å². The van der Waals surface area contributed by atoms with Crippen LogP contribution in [0.25, 0.3) is 0 Å². The van der Waals surface area contributed by atoms with E-state index in [1.54, 1.807) is 37.5 Å². The lowest BCUT2D eigenvalue weighted by atomic mass is 10.0. The van der Waals surface area contributed by atoms with Crippen molar-refractivity contribution in [3.8, 4) is 0 Å². The number of rotatable bonds is 3. The Labute approximate surface area is 138 Å². The van der Waals surface area contributed by atoms with E-state index in [1.165, 1.54) is 22.9 Å². The van der Waals surface area contributed by atoms with Gasteiger partial charge in [0.2, 0.25) is 11.5 Å². The van der Waals surface area contributed by atoms with Crippen molar-refractivity contribution in [3.63, 3.8) is 0 Å². The predicted molar refractivity (Wildman–Crippen MR) is 87.3 cm³/mol. The zero-order valence-electron chi connectivity index (χ0n) is 13.5. The number of aromatic nitrogens is 2. The molecule has 24 heavy (non-hydrogen) atoms. The van der Waals surface area contributed by atoms with Crippen LogP contribution in [0.2, 0.25) is 0 Å². The molecule has 1 N–H and O–H groups in total. The van der Waals surface area contributed by atoms with Crippen molar-refractivity contribution in [2.75, 3.05) is 7.05 Å². The average molecular weight is 326 g/mol. The van der Waals surface area contributed by atoms with Gasteiger partial charge in [-0.15, -0.1) is 0 Å². The lowest BCUT2D eigenvalue weighted by Gasteiger charge is -2.25. The largest absolute Gasteiger partial charge is 0.346 e. The van der Waals surface area contributed by atoms with Gasteiger partial charge in [-0.25, -0.2) is 0 Å². The summed E-state index contributed by atoms with van der Waals surface area (Å²) >= 11 is 0. The van der Waals surface area contributed by atoms with Gasteiger partial charge in [0.1, 0.15) is 0 Å². The molecule has 1 saturated heterocycles. The molecule has 3 heterocycles. The highest BCUT2D eigenvalue weighted by molar-refractivity contribution is 5.95. The number of nitrogens with zero attached hydrogens (tertiary/aromatic N) is 3. The Morgan fingerprint density at radius 3 is 2.71 bits per heavy atom. The van der Waals surface area contributed by atoms with Gasteiger partial charge in [0.05, 0.1) is 17.6 Å². The van der Waals surface area contributed by atoms with E-state index >= 15 is 0 Å². The molecule has 0 spiro atoms. The van der Waals surface area contributed by atoms with Crippen LogP contribution < -0.4 is 10.9 Å². The van der Waals surface area contributed by atoms with Crippen LogP contribution in [0.5, 0.6) is 0 Å². The minimum atomic E-state index is -0.351. The Bertz CT molecular complexity index is 831. The summed E-state index contributed by atoms with van der Waals surface area (Å²) in [5, 5.41) is 2.91. The molecule has 1 fully saturated rings. The van der Waals surface area contributed by atoms with Gasteiger partial charge in [-0.1, -0.05) is 6.07 Å². The maximum absolute atomic E-state index is 12.5. The van der Waals surface area contributed by atoms with Crippen molar-refractivity contribution >= 4 is 11.8 Å². The molecule has 7 nitrogen and oxygen atoms in total. The number of pyridine rings is 2. The molecule has 0 aliphatic carbocycles. The number of hydrogen-bond acceptors (Lipinski definition) is 4. The van der Waals surface area contributed by atoms with E-state index in [9.17, 15) is 14.4 Å². The van der Waals surface area contributed by atoms with Crippen LogP contribution in [-0.2, 0) is 11.8 Å². The van der Waals surface area contributed by atoms with Gasteiger partial charge in [-0.05, 0) is 17.7 Å². The summed E-state index contributed by atoms with van der Waals surface area (Å²) < 4.78 is 1.35. The molecule has 0 aromatic carbocycles. The second kappa shape index (κ2) is 6.27. The van der Waals surface area contributed by atoms with Crippen molar-refractivity contribution in [2.24, 2.45) is 7.05 Å². The first-order valence-corrected chi connectivity index (χ1v) is 7.60. The summed E-state index contributed by atoms with van der Waals surface area (Å²) in [6, 6.07) is 5.91. The molecule has 2 aromatic heterocycles. The zero-order chi connectivity index (χ0) is 17.3. The summed E-state index contributed by atoms with van der Waals surface area (Å²) in [5.74, 6) is -0.345. The number of amides is 2. The highest BCUT2D eigenvalue weighted by Gasteiger charge is 2.39. The molecule has 1 aliphatic rings. The lowest BCUT2D eigenvalue weighted by Crippen LogP contribution is -2.39. The maximum Gasteiger partial charge on any atom is 0.253 e. The summed E-state index contributed by atoms with van der Waals surface area (Å²) in [4.78, 5) is 41.7. The summed E-state index contributed by atoms with van der Waals surface area (Å²) in [5.41, 5.74) is 1.07. The smallest absolute Gasteiger partial charge is 0.253 e. The van der Waals surface area contributed by atoms with Crippen LogP contribution in [-0.4, -0.2) is 39.4 Å². The molecule has 7 heteroatoms. The second-order valence-electron chi connectivity index (χ2n) is 5.89. The highest BCUT2D eigenvalue weighted by Crippen LogP contribution is 2.31. The third-order valence-corrected chi connectivity index (χ3v) is 4.28. The van der Waals surface area contributed by atoms with E-state index in [1.807, 2.05) is 6.07 Å². The first-order valence-electron chi connectivity index (χ1n) is 7.60. The van der Waals surface area contributed by atoms with Gasteiger partial charge in [0, 0.05) is 45.2 Å². The number of hydrogen-bond donors (Lipinski definition) is 1. The Morgan fingerprint density at radius 1 is 1.25 bits per heavy atom. The Hall–Kier alpha value is -2.96. The second-order valence-corrected chi connectivity index (χ2v) is 5.89. The maximum atomic E-state index is 12.5. The van der Waals surface area contributed by atoms with Crippen LogP contribution in [0.3, 0.4) is 0 Å². The van der Waals surface area contributed by atoms with Crippen LogP contribution in [0.15, 0.2) is 47.7 Å². The summed E-state index contributed by atoms with van der Waals surface area (Å²) in [7, 11) is 3.31. The molecule has 2 aromatic rings. The molecular formula is C17H18N4O3. The van der Waals surface area contributed by atoms with Gasteiger partial charge in [0.15, 0.2) is 0 Å². The molecule has 0 saturated carbocycles. The third kappa shape index (κ3) is 2.92. The van der Waals surface area contributed by atoms with Crippen molar-refractivity contribution in [1.82, 2.24) is 19.8 Å². The fraction of sp³-hybridized carbons (Fsp3) is 0.294. The first-order chi connectivity index (χ1) is 11.5. The van der Waals surface area contributed by atoms with E-state index in [0.717, 1.165) is 5.56 Å². The van der Waals surface area contributed by atoms with Gasteiger partial charge in [-0.3, -0.25) is 19.4 Å². The SMILES string of the molecule is CN1C(=O)C[C@@H](NC(=O)c2ccc(=O)n(C)c2)[C@@H]1c1cccnc1. The minimum Gasteiger partial charge on any atom is -0.346 e. The predicted octanol–water partition coefficient (Wildman–Crippen LogP) is 0.482. The highest BCUT2D eigenvalue weighted by atomic mass is 16.2. The fourth-order valence-electron chi connectivity index (χ4n) is 2.99. The normalized spacial score (nSPS) is 20.2. The van der Waals surface area contributed by atoms with Crippen LogP contribution in [0.4, 0.5) is 0 Å². The lowest BCUT2D eigenvalue weighted by molar-refractivity contribution is -0.127. The number of nitrogens with one attached hydrogen (secondary N) is 1. The monoisotopic (exact) mass is 326 g/mol. The fourth-order valence-corrected chi connectivity index (χ4v) is 2.99. The topological polar surface area (TPSA) is 84.3 Å². The quantitative estimate of drug-likeness (QED) is 0.889. The van der Waals surface area contributed by atoms with E-state index in [0.29, 0.717) is 5.56 Å². The number of likely N-dealkylation sites (tertiary alicyclic amines) is 1. The van der Waals surface area contributed by atoms with Crippen molar-refractivity contribution in [2.45, 2.75) is 18.5 Å². The van der Waals surface area contributed by atoms with E-state index in [4.69, 9.17) is 0 Å². The molecular weight excluding hydrogens is 308 g/mol. The molecule has 0 unspecified atom stereocenters. The van der Waals surface area contributed by atoms with Crippen molar-refractivity contribution in [1.29, 1.82) is 0 Å². The van der Waals surface area contributed by atoms with E-state index in [2.05, 4.69) is 10.3 Å². The Kier molecular flexibility index (Phi) is 4.16. The number of carbonyl (C=O) groups is 2. The molecule has 2 atom stereocenters. The van der Waals surface area contributed by atoms with Crippen molar-refractivity contribution in [3.05, 3.63) is 64.3 Å². The van der Waals surface area contributed by atoms with Crippen LogP contribution in [0, 0.1) is 0 Å². The molecule has 0 bridgehead atoms. The van der Waals surface area contributed by atoms with Gasteiger partial charge in [0.25, 0.3) is 5.91 Å². The molecule has 1 aliphatic heterocycles. The summed E-state index contributed by atoms with van der Waals surface area (Å²) in [6.07, 6.45) is 5.08. The zero-order valence-corrected chi connectivity index (χ0v) is 13.5. The molecule has 3 rings (SSSR count). The van der Waals surface area contributed by atoms with E-state index < -0.39 is 0 Å². The van der Waals surface area contributed by atoms with E-state index in [-0.39, 0.29) is 35.9 Å². The van der Waals surface area contributed by atoms with Crippen molar-refractivity contribution < 1.29 is 9.59 Å². The minimum absolute atomic E-state index is 0.0328. The molecule has 0 radical (unpaired) electrons. The average Bonchev–Trinajstić information content (AvgIpc) is 2.85. The summed E-state index contributed by atoms with van der Waals surface area (Å²) in [6.45, 7) is 0. The number of likely N-dealkylation sites (N-methyl/N-ethyl adjacent to an activating group) is 1. The van der Waals surface area contributed by atoms with Crippen LogP contribution >= 0.6 is 0 Å². The Morgan fingerprint density at radius 2 is 2.04 bits per heavy atom. The Balaban J connectivity index is 1.84. The standard InChI is InChI=1S/C17H18N4O3/c1-20-10-12(5-6-14(20)22)17(24)19-13-8-15(23)21(2)16(13)11-4-3-7-18-9-11/h3-7,9-10,13,16H,8H2,1-2H3,(H,19,24)/t13-,16+/m1/s1. The molecule has 2 amide bonds. The third-order valence-electron chi connectivity index (χ3n) is 4.28. The number of carbonyl (C=O) groups excluding carboxylic acids is 2. The first kappa shape index (κ1) is 15.9. The van der Waals surface area contributed by atoms with Gasteiger partial charge in [-0.2, -0.15) is 0 Å². The number of aryl methyl sites for hydroxylation is 1. The van der Waals surface area contributed by atoms with Gasteiger partial charge < -0.3 is 14.8 Å².